The minimum Gasteiger partial charge on any atom is -0.457 e. The summed E-state index contributed by atoms with van der Waals surface area (Å²) >= 11 is 0. The first kappa shape index (κ1) is 13.7. The van der Waals surface area contributed by atoms with E-state index in [0.29, 0.717) is 5.56 Å². The van der Waals surface area contributed by atoms with Crippen LogP contribution in [0.15, 0.2) is 18.2 Å². The highest BCUT2D eigenvalue weighted by Gasteiger charge is 2.54. The van der Waals surface area contributed by atoms with Crippen LogP contribution in [-0.4, -0.2) is 23.0 Å². The van der Waals surface area contributed by atoms with Gasteiger partial charge < -0.3 is 4.74 Å². The third-order valence-corrected chi connectivity index (χ3v) is 3.03. The summed E-state index contributed by atoms with van der Waals surface area (Å²) in [4.78, 5) is 24.1. The summed E-state index contributed by atoms with van der Waals surface area (Å²) in [6.45, 7) is 6.75. The fourth-order valence-corrected chi connectivity index (χ4v) is 2.14. The molecule has 19 heavy (non-hydrogen) atoms. The van der Waals surface area contributed by atoms with Gasteiger partial charge >= 0.3 is 5.97 Å². The van der Waals surface area contributed by atoms with Crippen LogP contribution >= 0.6 is 0 Å². The van der Waals surface area contributed by atoms with E-state index in [4.69, 9.17) is 4.74 Å². The molecule has 1 aromatic rings. The van der Waals surface area contributed by atoms with Gasteiger partial charge in [0.05, 0.1) is 0 Å². The van der Waals surface area contributed by atoms with E-state index in [2.05, 4.69) is 0 Å². The van der Waals surface area contributed by atoms with Gasteiger partial charge in [0, 0.05) is 12.0 Å². The molecule has 0 saturated carbocycles. The number of rotatable bonds is 1. The van der Waals surface area contributed by atoms with Crippen molar-refractivity contribution < 1.29 is 18.7 Å². The van der Waals surface area contributed by atoms with Gasteiger partial charge in [-0.1, -0.05) is 17.7 Å². The zero-order valence-electron chi connectivity index (χ0n) is 11.5. The number of hydrogen-bond donors (Lipinski definition) is 0. The highest BCUT2D eigenvalue weighted by atomic mass is 19.1. The second-order valence-corrected chi connectivity index (χ2v) is 5.97. The summed E-state index contributed by atoms with van der Waals surface area (Å²) in [5.74, 6) is -1.89. The molecule has 0 bridgehead atoms. The number of carbonyl (C=O) groups excluding carboxylic acids is 2. The second-order valence-electron chi connectivity index (χ2n) is 5.97. The Morgan fingerprint density at radius 3 is 2.58 bits per heavy atom. The molecule has 0 heterocycles. The van der Waals surface area contributed by atoms with E-state index >= 15 is 0 Å². The molecule has 0 radical (unpaired) electrons. The van der Waals surface area contributed by atoms with Crippen molar-refractivity contribution in [3.8, 4) is 0 Å². The Kier molecular flexibility index (Phi) is 3.00. The molecule has 3 nitrogen and oxygen atoms in total. The fourth-order valence-electron chi connectivity index (χ4n) is 2.14. The average molecular weight is 264 g/mol. The molecule has 1 aromatic carbocycles. The molecular weight excluding hydrogens is 247 g/mol. The number of ketones is 1. The zero-order valence-corrected chi connectivity index (χ0v) is 11.5. The third-order valence-electron chi connectivity index (χ3n) is 3.03. The van der Waals surface area contributed by atoms with Crippen LogP contribution in [0, 0.1) is 6.92 Å². The molecule has 4 heteroatoms. The summed E-state index contributed by atoms with van der Waals surface area (Å²) in [5.41, 5.74) is -1.69. The Hall–Kier alpha value is -1.71. The van der Waals surface area contributed by atoms with Gasteiger partial charge in [-0.25, -0.2) is 9.18 Å². The van der Waals surface area contributed by atoms with Gasteiger partial charge in [0.1, 0.15) is 5.60 Å². The van der Waals surface area contributed by atoms with E-state index in [-0.39, 0.29) is 12.0 Å². The minimum absolute atomic E-state index is 0.240. The van der Waals surface area contributed by atoms with Crippen molar-refractivity contribution in [1.29, 1.82) is 0 Å². The zero-order chi connectivity index (χ0) is 14.4. The van der Waals surface area contributed by atoms with E-state index in [0.717, 1.165) is 5.56 Å². The van der Waals surface area contributed by atoms with Crippen LogP contribution in [0.2, 0.25) is 0 Å². The number of esters is 1. The Morgan fingerprint density at radius 1 is 1.37 bits per heavy atom. The van der Waals surface area contributed by atoms with Gasteiger partial charge in [0.25, 0.3) is 5.67 Å². The smallest absolute Gasteiger partial charge is 0.353 e. The van der Waals surface area contributed by atoms with E-state index in [1.165, 1.54) is 0 Å². The van der Waals surface area contributed by atoms with Gasteiger partial charge in [-0.3, -0.25) is 4.79 Å². The number of alkyl halides is 1. The number of aryl methyl sites for hydroxylation is 1. The number of carbonyl (C=O) groups is 2. The van der Waals surface area contributed by atoms with E-state index in [1.54, 1.807) is 39.0 Å². The van der Waals surface area contributed by atoms with Gasteiger partial charge in [-0.2, -0.15) is 0 Å². The van der Waals surface area contributed by atoms with Crippen molar-refractivity contribution in [2.24, 2.45) is 0 Å². The highest BCUT2D eigenvalue weighted by molar-refractivity contribution is 6.19. The summed E-state index contributed by atoms with van der Waals surface area (Å²) in [6.07, 6.45) is -0.240. The first-order chi connectivity index (χ1) is 8.63. The predicted molar refractivity (Wildman–Crippen MR) is 68.9 cm³/mol. The van der Waals surface area contributed by atoms with Crippen LogP contribution in [0.3, 0.4) is 0 Å². The molecule has 0 spiro atoms. The maximum Gasteiger partial charge on any atom is 0.353 e. The van der Waals surface area contributed by atoms with Crippen LogP contribution < -0.4 is 0 Å². The largest absolute Gasteiger partial charge is 0.457 e. The fraction of sp³-hybridized carbons (Fsp3) is 0.467. The van der Waals surface area contributed by atoms with Crippen LogP contribution in [-0.2, 0) is 16.0 Å². The molecule has 1 aliphatic carbocycles. The number of halogens is 1. The minimum atomic E-state index is -2.58. The molecule has 1 atom stereocenters. The third kappa shape index (κ3) is 2.39. The molecule has 0 amide bonds. The van der Waals surface area contributed by atoms with Crippen LogP contribution in [0.4, 0.5) is 4.39 Å². The quantitative estimate of drug-likeness (QED) is 0.578. The van der Waals surface area contributed by atoms with E-state index < -0.39 is 23.0 Å². The lowest BCUT2D eigenvalue weighted by atomic mass is 10.0. The lowest BCUT2D eigenvalue weighted by Crippen LogP contribution is -2.44. The van der Waals surface area contributed by atoms with E-state index in [1.807, 2.05) is 6.92 Å². The van der Waals surface area contributed by atoms with E-state index in [9.17, 15) is 14.0 Å². The Balaban J connectivity index is 2.34. The van der Waals surface area contributed by atoms with Gasteiger partial charge in [-0.05, 0) is 39.3 Å². The summed E-state index contributed by atoms with van der Waals surface area (Å²) < 4.78 is 19.8. The SMILES string of the molecule is Cc1ccc2c(c1)C(=O)[C@](F)(C(=O)OC(C)(C)C)C2. The van der Waals surface area contributed by atoms with Crippen molar-refractivity contribution >= 4 is 11.8 Å². The molecule has 0 aliphatic heterocycles. The average Bonchev–Trinajstić information content (AvgIpc) is 2.51. The molecule has 0 unspecified atom stereocenters. The van der Waals surface area contributed by atoms with Crippen molar-refractivity contribution in [1.82, 2.24) is 0 Å². The Bertz CT molecular complexity index is 557. The second kappa shape index (κ2) is 4.15. The molecule has 0 aromatic heterocycles. The highest BCUT2D eigenvalue weighted by Crippen LogP contribution is 2.35. The maximum absolute atomic E-state index is 14.7. The number of hydrogen-bond acceptors (Lipinski definition) is 3. The van der Waals surface area contributed by atoms with Gasteiger partial charge in [-0.15, -0.1) is 0 Å². The number of benzene rings is 1. The summed E-state index contributed by atoms with van der Waals surface area (Å²) in [7, 11) is 0. The standard InChI is InChI=1S/C15H17FO3/c1-9-5-6-10-8-15(16,12(17)11(10)7-9)13(18)19-14(2,3)4/h5-7H,8H2,1-4H3/t15-/m0/s1. The summed E-state index contributed by atoms with van der Waals surface area (Å²) in [5, 5.41) is 0. The molecule has 1 aliphatic rings. The summed E-state index contributed by atoms with van der Waals surface area (Å²) in [6, 6.07) is 5.10. The van der Waals surface area contributed by atoms with Crippen molar-refractivity contribution in [3.63, 3.8) is 0 Å². The Morgan fingerprint density at radius 2 is 2.00 bits per heavy atom. The van der Waals surface area contributed by atoms with Gasteiger partial charge in [0.2, 0.25) is 5.78 Å². The molecule has 102 valence electrons. The lowest BCUT2D eigenvalue weighted by Gasteiger charge is -2.24. The van der Waals surface area contributed by atoms with Gasteiger partial charge in [0.15, 0.2) is 0 Å². The number of fused-ring (bicyclic) bond motifs is 1. The molecule has 0 N–H and O–H groups in total. The normalized spacial score (nSPS) is 22.3. The Labute approximate surface area is 111 Å². The maximum atomic E-state index is 14.7. The molecular formula is C15H17FO3. The first-order valence-corrected chi connectivity index (χ1v) is 6.20. The topological polar surface area (TPSA) is 43.4 Å². The van der Waals surface area contributed by atoms with Crippen molar-refractivity contribution in [2.45, 2.75) is 45.4 Å². The molecule has 0 fully saturated rings. The lowest BCUT2D eigenvalue weighted by molar-refractivity contribution is -0.165. The van der Waals surface area contributed by atoms with Crippen LogP contribution in [0.1, 0.15) is 42.3 Å². The monoisotopic (exact) mass is 264 g/mol. The molecule has 2 rings (SSSR count). The first-order valence-electron chi connectivity index (χ1n) is 6.20. The van der Waals surface area contributed by atoms with Crippen LogP contribution in [0.25, 0.3) is 0 Å². The predicted octanol–water partition coefficient (Wildman–Crippen LogP) is 2.78. The van der Waals surface area contributed by atoms with Crippen molar-refractivity contribution in [3.05, 3.63) is 34.9 Å². The van der Waals surface area contributed by atoms with Crippen LogP contribution in [0.5, 0.6) is 0 Å². The van der Waals surface area contributed by atoms with Crippen molar-refractivity contribution in [2.75, 3.05) is 0 Å². The number of Topliss-reactive ketones (excluding diaryl/α,β-unsaturated/α-hetero) is 1. The number of ether oxygens (including phenoxy) is 1. The molecule has 0 saturated heterocycles.